The maximum atomic E-state index is 5.96. The molecule has 92 valence electrons. The highest BCUT2D eigenvalue weighted by atomic mass is 32.2. The summed E-state index contributed by atoms with van der Waals surface area (Å²) in [7, 11) is 0. The van der Waals surface area contributed by atoms with E-state index >= 15 is 0 Å². The summed E-state index contributed by atoms with van der Waals surface area (Å²) in [5.41, 5.74) is 6.48. The van der Waals surface area contributed by atoms with E-state index in [0.29, 0.717) is 5.41 Å². The Morgan fingerprint density at radius 3 is 2.69 bits per heavy atom. The molecule has 0 aromatic rings. The van der Waals surface area contributed by atoms with E-state index in [0.717, 1.165) is 25.3 Å². The molecule has 1 aliphatic rings. The van der Waals surface area contributed by atoms with Crippen LogP contribution in [0.3, 0.4) is 0 Å². The van der Waals surface area contributed by atoms with Gasteiger partial charge < -0.3 is 11.1 Å². The molecule has 1 rings (SSSR count). The molecule has 0 amide bonds. The summed E-state index contributed by atoms with van der Waals surface area (Å²) in [6.45, 7) is 8.23. The second-order valence-electron chi connectivity index (χ2n) is 5.42. The molecule has 1 aliphatic heterocycles. The zero-order chi connectivity index (χ0) is 12.1. The summed E-state index contributed by atoms with van der Waals surface area (Å²) in [6.07, 6.45) is 2.09. The first-order valence-corrected chi connectivity index (χ1v) is 7.12. The standard InChI is InChI=1S/C13H24N2S/c1-4-5-6-7-15-13(9-14)8-12(2,3)10-16-11-13/h15H,6-11,14H2,1-3H3. The van der Waals surface area contributed by atoms with Gasteiger partial charge in [-0.1, -0.05) is 13.8 Å². The van der Waals surface area contributed by atoms with Gasteiger partial charge in [-0.05, 0) is 24.5 Å². The molecule has 16 heavy (non-hydrogen) atoms. The second kappa shape index (κ2) is 5.95. The predicted molar refractivity (Wildman–Crippen MR) is 73.6 cm³/mol. The molecule has 0 saturated carbocycles. The van der Waals surface area contributed by atoms with E-state index in [1.54, 1.807) is 0 Å². The number of rotatable bonds is 4. The molecule has 0 aromatic heterocycles. The number of nitrogens with one attached hydrogen (secondary N) is 1. The first kappa shape index (κ1) is 13.9. The number of thioether (sulfide) groups is 1. The molecular weight excluding hydrogens is 216 g/mol. The highest BCUT2D eigenvalue weighted by molar-refractivity contribution is 7.99. The average molecular weight is 240 g/mol. The fourth-order valence-corrected chi connectivity index (χ4v) is 3.84. The fourth-order valence-electron chi connectivity index (χ4n) is 2.37. The van der Waals surface area contributed by atoms with Gasteiger partial charge in [0.1, 0.15) is 0 Å². The highest BCUT2D eigenvalue weighted by Crippen LogP contribution is 2.38. The van der Waals surface area contributed by atoms with Crippen molar-refractivity contribution < 1.29 is 0 Å². The lowest BCUT2D eigenvalue weighted by molar-refractivity contribution is 0.230. The molecule has 1 atom stereocenters. The number of hydrogen-bond acceptors (Lipinski definition) is 3. The minimum Gasteiger partial charge on any atom is -0.329 e. The summed E-state index contributed by atoms with van der Waals surface area (Å²) >= 11 is 2.02. The van der Waals surface area contributed by atoms with Gasteiger partial charge in [0, 0.05) is 30.8 Å². The third-order valence-electron chi connectivity index (χ3n) is 3.01. The van der Waals surface area contributed by atoms with Gasteiger partial charge in [0.25, 0.3) is 0 Å². The summed E-state index contributed by atoms with van der Waals surface area (Å²) in [5, 5.41) is 3.63. The zero-order valence-electron chi connectivity index (χ0n) is 10.7. The van der Waals surface area contributed by atoms with Crippen LogP contribution in [-0.4, -0.2) is 30.1 Å². The average Bonchev–Trinajstić information content (AvgIpc) is 2.23. The maximum absolute atomic E-state index is 5.96. The van der Waals surface area contributed by atoms with E-state index in [2.05, 4.69) is 31.0 Å². The Hall–Kier alpha value is -0.170. The van der Waals surface area contributed by atoms with Gasteiger partial charge in [-0.3, -0.25) is 0 Å². The molecule has 0 radical (unpaired) electrons. The van der Waals surface area contributed by atoms with Crippen LogP contribution in [0.25, 0.3) is 0 Å². The zero-order valence-corrected chi connectivity index (χ0v) is 11.5. The van der Waals surface area contributed by atoms with E-state index in [4.69, 9.17) is 5.73 Å². The van der Waals surface area contributed by atoms with Gasteiger partial charge in [0.2, 0.25) is 0 Å². The van der Waals surface area contributed by atoms with Crippen molar-refractivity contribution in [2.45, 2.75) is 39.2 Å². The van der Waals surface area contributed by atoms with Crippen molar-refractivity contribution >= 4 is 11.8 Å². The van der Waals surface area contributed by atoms with Crippen LogP contribution < -0.4 is 11.1 Å². The molecular formula is C13H24N2S. The Balaban J connectivity index is 2.51. The van der Waals surface area contributed by atoms with Crippen molar-refractivity contribution in [1.29, 1.82) is 0 Å². The van der Waals surface area contributed by atoms with Gasteiger partial charge in [0.15, 0.2) is 0 Å². The second-order valence-corrected chi connectivity index (χ2v) is 6.41. The number of hydrogen-bond donors (Lipinski definition) is 2. The van der Waals surface area contributed by atoms with Gasteiger partial charge in [-0.25, -0.2) is 0 Å². The van der Waals surface area contributed by atoms with Gasteiger partial charge in [0.05, 0.1) is 0 Å². The lowest BCUT2D eigenvalue weighted by atomic mass is 9.79. The van der Waals surface area contributed by atoms with E-state index < -0.39 is 0 Å². The Bertz CT molecular complexity index is 277. The summed E-state index contributed by atoms with van der Waals surface area (Å²) in [4.78, 5) is 0. The van der Waals surface area contributed by atoms with Crippen LogP contribution in [0, 0.1) is 17.3 Å². The molecule has 0 bridgehead atoms. The van der Waals surface area contributed by atoms with Gasteiger partial charge in [-0.15, -0.1) is 11.8 Å². The molecule has 1 unspecified atom stereocenters. The number of nitrogens with two attached hydrogens (primary N) is 1. The normalized spacial score (nSPS) is 28.2. The molecule has 2 nitrogen and oxygen atoms in total. The quantitative estimate of drug-likeness (QED) is 0.582. The third-order valence-corrected chi connectivity index (χ3v) is 4.75. The molecule has 1 saturated heterocycles. The van der Waals surface area contributed by atoms with Gasteiger partial charge >= 0.3 is 0 Å². The Morgan fingerprint density at radius 2 is 2.12 bits per heavy atom. The highest BCUT2D eigenvalue weighted by Gasteiger charge is 2.38. The van der Waals surface area contributed by atoms with Crippen LogP contribution >= 0.6 is 11.8 Å². The van der Waals surface area contributed by atoms with Crippen LogP contribution in [-0.2, 0) is 0 Å². The SMILES string of the molecule is CC#CCCNC1(CN)CSCC(C)(C)C1. The Kier molecular flexibility index (Phi) is 5.17. The third kappa shape index (κ3) is 4.01. The maximum Gasteiger partial charge on any atom is 0.0401 e. The Morgan fingerprint density at radius 1 is 1.38 bits per heavy atom. The van der Waals surface area contributed by atoms with E-state index in [-0.39, 0.29) is 5.54 Å². The summed E-state index contributed by atoms with van der Waals surface area (Å²) in [6, 6.07) is 0. The van der Waals surface area contributed by atoms with Crippen molar-refractivity contribution in [2.75, 3.05) is 24.6 Å². The van der Waals surface area contributed by atoms with Crippen LogP contribution in [0.1, 0.15) is 33.6 Å². The first-order chi connectivity index (χ1) is 7.54. The van der Waals surface area contributed by atoms with E-state index in [9.17, 15) is 0 Å². The van der Waals surface area contributed by atoms with Gasteiger partial charge in [-0.2, -0.15) is 11.8 Å². The minimum atomic E-state index is 0.127. The lowest BCUT2D eigenvalue weighted by Gasteiger charge is -2.44. The smallest absolute Gasteiger partial charge is 0.0401 e. The van der Waals surface area contributed by atoms with Crippen molar-refractivity contribution in [3.05, 3.63) is 0 Å². The first-order valence-electron chi connectivity index (χ1n) is 5.96. The van der Waals surface area contributed by atoms with Crippen LogP contribution in [0.4, 0.5) is 0 Å². The molecule has 3 heteroatoms. The van der Waals surface area contributed by atoms with E-state index in [1.807, 2.05) is 18.7 Å². The van der Waals surface area contributed by atoms with E-state index in [1.165, 1.54) is 12.2 Å². The Labute approximate surface area is 104 Å². The minimum absolute atomic E-state index is 0.127. The topological polar surface area (TPSA) is 38.0 Å². The lowest BCUT2D eigenvalue weighted by Crippen LogP contribution is -2.58. The van der Waals surface area contributed by atoms with Crippen LogP contribution in [0.5, 0.6) is 0 Å². The molecule has 3 N–H and O–H groups in total. The van der Waals surface area contributed by atoms with Crippen LogP contribution in [0.2, 0.25) is 0 Å². The van der Waals surface area contributed by atoms with Crippen molar-refractivity contribution in [2.24, 2.45) is 11.1 Å². The predicted octanol–water partition coefficient (Wildman–Crippen LogP) is 1.85. The van der Waals surface area contributed by atoms with Crippen molar-refractivity contribution in [3.8, 4) is 11.8 Å². The monoisotopic (exact) mass is 240 g/mol. The molecule has 1 fully saturated rings. The molecule has 0 aromatic carbocycles. The molecule has 0 aliphatic carbocycles. The van der Waals surface area contributed by atoms with Crippen molar-refractivity contribution in [3.63, 3.8) is 0 Å². The van der Waals surface area contributed by atoms with Crippen molar-refractivity contribution in [1.82, 2.24) is 5.32 Å². The fraction of sp³-hybridized carbons (Fsp3) is 0.846. The largest absolute Gasteiger partial charge is 0.329 e. The molecule has 1 heterocycles. The molecule has 0 spiro atoms. The van der Waals surface area contributed by atoms with Crippen LogP contribution in [0.15, 0.2) is 0 Å². The summed E-state index contributed by atoms with van der Waals surface area (Å²) in [5.74, 6) is 8.39. The summed E-state index contributed by atoms with van der Waals surface area (Å²) < 4.78 is 0.